The van der Waals surface area contributed by atoms with Gasteiger partial charge in [-0.1, -0.05) is 6.07 Å². The third-order valence-electron chi connectivity index (χ3n) is 6.48. The second-order valence-corrected chi connectivity index (χ2v) is 8.03. The Labute approximate surface area is 153 Å². The van der Waals surface area contributed by atoms with Gasteiger partial charge < -0.3 is 9.80 Å². The minimum absolute atomic E-state index is 0.176. The van der Waals surface area contributed by atoms with Crippen molar-refractivity contribution in [2.75, 3.05) is 13.1 Å². The first-order valence-corrected chi connectivity index (χ1v) is 9.70. The Morgan fingerprint density at radius 1 is 1.15 bits per heavy atom. The number of pyridine rings is 1. The average Bonchev–Trinajstić information content (AvgIpc) is 2.81. The lowest BCUT2D eigenvalue weighted by atomic mass is 9.81. The molecule has 1 atom stereocenters. The van der Waals surface area contributed by atoms with Crippen LogP contribution in [-0.2, 0) is 16.1 Å². The second-order valence-electron chi connectivity index (χ2n) is 8.03. The van der Waals surface area contributed by atoms with E-state index in [4.69, 9.17) is 0 Å². The van der Waals surface area contributed by atoms with E-state index in [2.05, 4.69) is 4.98 Å². The first kappa shape index (κ1) is 17.4. The van der Waals surface area contributed by atoms with E-state index >= 15 is 0 Å². The average molecular weight is 359 g/mol. The number of hydrogen-bond acceptors (Lipinski definition) is 3. The molecule has 140 valence electrons. The molecule has 0 N–H and O–H groups in total. The molecule has 1 aliphatic carbocycles. The molecule has 1 unspecified atom stereocenters. The molecule has 3 aliphatic rings. The maximum Gasteiger partial charge on any atom is 0.260 e. The SMILES string of the molecule is O=C1CCC2(CCCN(C(=O)C3(F)CCC3)CC2)N1Cc1cccnc1. The predicted octanol–water partition coefficient (Wildman–Crippen LogP) is 2.85. The zero-order valence-corrected chi connectivity index (χ0v) is 15.1. The number of nitrogens with zero attached hydrogens (tertiary/aromatic N) is 3. The van der Waals surface area contributed by atoms with Gasteiger partial charge in [0.15, 0.2) is 5.67 Å². The van der Waals surface area contributed by atoms with Crippen molar-refractivity contribution < 1.29 is 14.0 Å². The molecule has 3 fully saturated rings. The summed E-state index contributed by atoms with van der Waals surface area (Å²) in [6.07, 6.45) is 8.87. The monoisotopic (exact) mass is 359 g/mol. The van der Waals surface area contributed by atoms with Gasteiger partial charge >= 0.3 is 0 Å². The summed E-state index contributed by atoms with van der Waals surface area (Å²) in [6, 6.07) is 3.87. The van der Waals surface area contributed by atoms with Crippen LogP contribution in [0.1, 0.15) is 56.9 Å². The number of halogens is 1. The molecule has 5 nitrogen and oxygen atoms in total. The van der Waals surface area contributed by atoms with E-state index in [0.717, 1.165) is 37.7 Å². The van der Waals surface area contributed by atoms with Crippen molar-refractivity contribution in [1.82, 2.24) is 14.8 Å². The first-order chi connectivity index (χ1) is 12.5. The van der Waals surface area contributed by atoms with E-state index in [1.54, 1.807) is 17.3 Å². The summed E-state index contributed by atoms with van der Waals surface area (Å²) < 4.78 is 14.5. The summed E-state index contributed by atoms with van der Waals surface area (Å²) in [5, 5.41) is 0. The fourth-order valence-electron chi connectivity index (χ4n) is 4.69. The number of carbonyl (C=O) groups is 2. The number of likely N-dealkylation sites (tertiary alicyclic amines) is 2. The molecule has 2 aliphatic heterocycles. The summed E-state index contributed by atoms with van der Waals surface area (Å²) in [5.41, 5.74) is -0.805. The highest BCUT2D eigenvalue weighted by atomic mass is 19.1. The quantitative estimate of drug-likeness (QED) is 0.834. The Hall–Kier alpha value is -1.98. The van der Waals surface area contributed by atoms with Gasteiger partial charge in [0.1, 0.15) is 0 Å². The smallest absolute Gasteiger partial charge is 0.260 e. The van der Waals surface area contributed by atoms with Crippen LogP contribution in [0, 0.1) is 0 Å². The molecule has 0 radical (unpaired) electrons. The lowest BCUT2D eigenvalue weighted by molar-refractivity contribution is -0.150. The number of alkyl halides is 1. The van der Waals surface area contributed by atoms with Crippen LogP contribution in [0.5, 0.6) is 0 Å². The van der Waals surface area contributed by atoms with Crippen LogP contribution < -0.4 is 0 Å². The minimum atomic E-state index is -1.63. The van der Waals surface area contributed by atoms with Gasteiger partial charge in [-0.25, -0.2) is 4.39 Å². The Bertz CT molecular complexity index is 692. The normalized spacial score (nSPS) is 28.1. The number of amides is 2. The molecule has 26 heavy (non-hydrogen) atoms. The molecular formula is C20H26FN3O2. The van der Waals surface area contributed by atoms with Crippen LogP contribution in [-0.4, -0.2) is 50.9 Å². The molecule has 1 aromatic rings. The molecular weight excluding hydrogens is 333 g/mol. The zero-order valence-electron chi connectivity index (χ0n) is 15.1. The molecule has 1 aromatic heterocycles. The van der Waals surface area contributed by atoms with Gasteiger partial charge in [-0.2, -0.15) is 0 Å². The van der Waals surface area contributed by atoms with Gasteiger partial charge in [-0.3, -0.25) is 14.6 Å². The van der Waals surface area contributed by atoms with Gasteiger partial charge in [-0.05, 0) is 56.6 Å². The van der Waals surface area contributed by atoms with Crippen LogP contribution >= 0.6 is 0 Å². The topological polar surface area (TPSA) is 53.5 Å². The fraction of sp³-hybridized carbons (Fsp3) is 0.650. The van der Waals surface area contributed by atoms with Gasteiger partial charge in [0, 0.05) is 44.0 Å². The third kappa shape index (κ3) is 2.99. The molecule has 3 heterocycles. The lowest BCUT2D eigenvalue weighted by Gasteiger charge is -2.39. The van der Waals surface area contributed by atoms with E-state index in [1.165, 1.54) is 0 Å². The van der Waals surface area contributed by atoms with Crippen molar-refractivity contribution in [3.63, 3.8) is 0 Å². The number of carbonyl (C=O) groups excluding carboxylic acids is 2. The maximum absolute atomic E-state index is 14.5. The van der Waals surface area contributed by atoms with Crippen molar-refractivity contribution in [3.8, 4) is 0 Å². The lowest BCUT2D eigenvalue weighted by Crippen LogP contribution is -2.51. The van der Waals surface area contributed by atoms with Crippen LogP contribution in [0.3, 0.4) is 0 Å². The Balaban J connectivity index is 1.48. The van der Waals surface area contributed by atoms with Crippen molar-refractivity contribution in [2.45, 2.75) is 69.1 Å². The number of aromatic nitrogens is 1. The first-order valence-electron chi connectivity index (χ1n) is 9.70. The van der Waals surface area contributed by atoms with Crippen LogP contribution in [0.25, 0.3) is 0 Å². The van der Waals surface area contributed by atoms with Crippen molar-refractivity contribution in [2.24, 2.45) is 0 Å². The highest BCUT2D eigenvalue weighted by Gasteiger charge is 2.50. The summed E-state index contributed by atoms with van der Waals surface area (Å²) in [5.74, 6) is -0.154. The molecule has 2 saturated heterocycles. The van der Waals surface area contributed by atoms with Crippen molar-refractivity contribution in [3.05, 3.63) is 30.1 Å². The standard InChI is InChI=1S/C20H26FN3O2/c21-20(7-2-8-20)18(26)23-12-3-6-19(10-13-23)9-5-17(25)24(19)15-16-4-1-11-22-14-16/h1,4,11,14H,2-3,5-10,12-13,15H2. The maximum atomic E-state index is 14.5. The second kappa shape index (κ2) is 6.63. The predicted molar refractivity (Wildman–Crippen MR) is 94.9 cm³/mol. The van der Waals surface area contributed by atoms with Crippen molar-refractivity contribution >= 4 is 11.8 Å². The summed E-state index contributed by atoms with van der Waals surface area (Å²) in [7, 11) is 0. The Morgan fingerprint density at radius 2 is 2.00 bits per heavy atom. The minimum Gasteiger partial charge on any atom is -0.340 e. The third-order valence-corrected chi connectivity index (χ3v) is 6.48. The number of hydrogen-bond donors (Lipinski definition) is 0. The summed E-state index contributed by atoms with van der Waals surface area (Å²) in [6.45, 7) is 1.70. The molecule has 1 spiro atoms. The molecule has 2 amide bonds. The molecule has 6 heteroatoms. The van der Waals surface area contributed by atoms with Crippen LogP contribution in [0.4, 0.5) is 4.39 Å². The van der Waals surface area contributed by atoms with Crippen LogP contribution in [0.2, 0.25) is 0 Å². The number of rotatable bonds is 3. The largest absolute Gasteiger partial charge is 0.340 e. The molecule has 0 aromatic carbocycles. The molecule has 1 saturated carbocycles. The van der Waals surface area contributed by atoms with Gasteiger partial charge in [0.2, 0.25) is 5.91 Å². The van der Waals surface area contributed by atoms with Crippen LogP contribution in [0.15, 0.2) is 24.5 Å². The van der Waals surface area contributed by atoms with E-state index in [0.29, 0.717) is 38.9 Å². The van der Waals surface area contributed by atoms with Gasteiger partial charge in [-0.15, -0.1) is 0 Å². The van der Waals surface area contributed by atoms with E-state index in [-0.39, 0.29) is 17.4 Å². The highest BCUT2D eigenvalue weighted by Crippen LogP contribution is 2.42. The Kier molecular flexibility index (Phi) is 4.45. The fourth-order valence-corrected chi connectivity index (χ4v) is 4.69. The summed E-state index contributed by atoms with van der Waals surface area (Å²) in [4.78, 5) is 33.0. The van der Waals surface area contributed by atoms with E-state index < -0.39 is 5.67 Å². The molecule has 0 bridgehead atoms. The highest BCUT2D eigenvalue weighted by molar-refractivity contribution is 5.86. The van der Waals surface area contributed by atoms with Gasteiger partial charge in [0.05, 0.1) is 0 Å². The zero-order chi connectivity index (χ0) is 18.2. The van der Waals surface area contributed by atoms with E-state index in [1.807, 2.05) is 17.0 Å². The van der Waals surface area contributed by atoms with Gasteiger partial charge in [0.25, 0.3) is 5.91 Å². The Morgan fingerprint density at radius 3 is 2.69 bits per heavy atom. The van der Waals surface area contributed by atoms with E-state index in [9.17, 15) is 14.0 Å². The van der Waals surface area contributed by atoms with Crippen molar-refractivity contribution in [1.29, 1.82) is 0 Å². The molecule has 4 rings (SSSR count). The summed E-state index contributed by atoms with van der Waals surface area (Å²) >= 11 is 0.